The summed E-state index contributed by atoms with van der Waals surface area (Å²) in [5.41, 5.74) is 10.4. The summed E-state index contributed by atoms with van der Waals surface area (Å²) in [6.45, 7) is 3.95. The number of nitrogens with two attached hydrogens (primary N) is 1. The summed E-state index contributed by atoms with van der Waals surface area (Å²) in [6.07, 6.45) is 0. The number of nitrogen functional groups attached to an aromatic ring is 1. The predicted octanol–water partition coefficient (Wildman–Crippen LogP) is 2.96. The van der Waals surface area contributed by atoms with E-state index >= 15 is 0 Å². The van der Waals surface area contributed by atoms with E-state index in [9.17, 15) is 0 Å². The normalized spacial score (nSPS) is 10.3. The average Bonchev–Trinajstić information content (AvgIpc) is 2.32. The third-order valence-electron chi connectivity index (χ3n) is 2.76. The average molecular weight is 228 g/mol. The minimum atomic E-state index is 0.709. The molecule has 0 saturated carbocycles. The number of nitrogens with zero attached hydrogens (tertiary/aromatic N) is 1. The van der Waals surface area contributed by atoms with Crippen molar-refractivity contribution >= 4 is 5.69 Å². The van der Waals surface area contributed by atoms with E-state index < -0.39 is 0 Å². The number of aromatic nitrogens is 1. The predicted molar refractivity (Wildman–Crippen MR) is 70.1 cm³/mol. The van der Waals surface area contributed by atoms with Crippen LogP contribution in [0.1, 0.15) is 11.3 Å². The monoisotopic (exact) mass is 228 g/mol. The van der Waals surface area contributed by atoms with Crippen LogP contribution < -0.4 is 10.5 Å². The summed E-state index contributed by atoms with van der Waals surface area (Å²) >= 11 is 0. The Balaban J connectivity index is 2.58. The molecule has 0 atom stereocenters. The van der Waals surface area contributed by atoms with Crippen molar-refractivity contribution in [1.82, 2.24) is 4.98 Å². The summed E-state index contributed by atoms with van der Waals surface area (Å²) in [5.74, 6) is 0.826. The van der Waals surface area contributed by atoms with Crippen LogP contribution in [0.5, 0.6) is 5.75 Å². The second-order valence-corrected chi connectivity index (χ2v) is 4.07. The number of rotatable bonds is 2. The third-order valence-corrected chi connectivity index (χ3v) is 2.76. The molecule has 0 fully saturated rings. The van der Waals surface area contributed by atoms with E-state index in [-0.39, 0.29) is 0 Å². The van der Waals surface area contributed by atoms with Crippen molar-refractivity contribution in [2.45, 2.75) is 13.8 Å². The molecular formula is C14H16N2O. The molecule has 2 aromatic rings. The van der Waals surface area contributed by atoms with Crippen LogP contribution in [0, 0.1) is 13.8 Å². The van der Waals surface area contributed by atoms with Crippen molar-refractivity contribution in [2.75, 3.05) is 12.8 Å². The molecule has 3 nitrogen and oxygen atoms in total. The molecule has 0 radical (unpaired) electrons. The largest absolute Gasteiger partial charge is 0.496 e. The highest BCUT2D eigenvalue weighted by Gasteiger charge is 2.08. The zero-order valence-electron chi connectivity index (χ0n) is 10.3. The van der Waals surface area contributed by atoms with Gasteiger partial charge >= 0.3 is 0 Å². The summed E-state index contributed by atoms with van der Waals surface area (Å²) in [6, 6.07) is 9.83. The van der Waals surface area contributed by atoms with Gasteiger partial charge in [0.1, 0.15) is 5.75 Å². The van der Waals surface area contributed by atoms with Gasteiger partial charge in [-0.3, -0.25) is 4.98 Å². The van der Waals surface area contributed by atoms with E-state index in [1.54, 1.807) is 7.11 Å². The first kappa shape index (κ1) is 11.5. The number of aryl methyl sites for hydroxylation is 2. The molecule has 2 N–H and O–H groups in total. The Kier molecular flexibility index (Phi) is 3.00. The van der Waals surface area contributed by atoms with Gasteiger partial charge < -0.3 is 10.5 Å². The second-order valence-electron chi connectivity index (χ2n) is 4.07. The molecule has 17 heavy (non-hydrogen) atoms. The molecular weight excluding hydrogens is 212 g/mol. The first-order valence-corrected chi connectivity index (χ1v) is 5.50. The van der Waals surface area contributed by atoms with Crippen LogP contribution in [0.2, 0.25) is 0 Å². The second kappa shape index (κ2) is 4.45. The first-order chi connectivity index (χ1) is 8.11. The Bertz CT molecular complexity index is 550. The van der Waals surface area contributed by atoms with Crippen LogP contribution in [0.25, 0.3) is 11.3 Å². The van der Waals surface area contributed by atoms with Crippen LogP contribution in [0.15, 0.2) is 30.3 Å². The van der Waals surface area contributed by atoms with Gasteiger partial charge in [-0.2, -0.15) is 0 Å². The number of hydrogen-bond acceptors (Lipinski definition) is 3. The molecule has 0 saturated heterocycles. The maximum atomic E-state index is 5.77. The fourth-order valence-corrected chi connectivity index (χ4v) is 1.74. The number of pyridine rings is 1. The van der Waals surface area contributed by atoms with Gasteiger partial charge in [-0.15, -0.1) is 0 Å². The van der Waals surface area contributed by atoms with Crippen molar-refractivity contribution in [3.63, 3.8) is 0 Å². The highest BCUT2D eigenvalue weighted by atomic mass is 16.5. The van der Waals surface area contributed by atoms with Crippen LogP contribution in [-0.2, 0) is 0 Å². The van der Waals surface area contributed by atoms with Gasteiger partial charge in [-0.25, -0.2) is 0 Å². The SMILES string of the molecule is COc1ccc(C)cc1-c1ccc(N)c(C)n1. The van der Waals surface area contributed by atoms with Crippen molar-refractivity contribution in [2.24, 2.45) is 0 Å². The lowest BCUT2D eigenvalue weighted by atomic mass is 10.1. The molecule has 2 rings (SSSR count). The van der Waals surface area contributed by atoms with Gasteiger partial charge in [0.15, 0.2) is 0 Å². The molecule has 0 aliphatic rings. The smallest absolute Gasteiger partial charge is 0.128 e. The van der Waals surface area contributed by atoms with Crippen molar-refractivity contribution in [3.8, 4) is 17.0 Å². The summed E-state index contributed by atoms with van der Waals surface area (Å²) in [4.78, 5) is 4.49. The first-order valence-electron chi connectivity index (χ1n) is 5.50. The van der Waals surface area contributed by atoms with E-state index in [2.05, 4.69) is 11.1 Å². The Hall–Kier alpha value is -2.03. The molecule has 0 aliphatic carbocycles. The van der Waals surface area contributed by atoms with Crippen LogP contribution in [0.3, 0.4) is 0 Å². The molecule has 3 heteroatoms. The Morgan fingerprint density at radius 2 is 1.88 bits per heavy atom. The van der Waals surface area contributed by atoms with Crippen LogP contribution in [0.4, 0.5) is 5.69 Å². The maximum absolute atomic E-state index is 5.77. The third kappa shape index (κ3) is 2.23. The van der Waals surface area contributed by atoms with E-state index in [4.69, 9.17) is 10.5 Å². The molecule has 88 valence electrons. The number of hydrogen-bond donors (Lipinski definition) is 1. The lowest BCUT2D eigenvalue weighted by molar-refractivity contribution is 0.416. The maximum Gasteiger partial charge on any atom is 0.128 e. The van der Waals surface area contributed by atoms with E-state index in [1.165, 1.54) is 5.56 Å². The molecule has 0 aliphatic heterocycles. The van der Waals surface area contributed by atoms with Crippen LogP contribution in [-0.4, -0.2) is 12.1 Å². The molecule has 0 amide bonds. The van der Waals surface area contributed by atoms with Crippen molar-refractivity contribution < 1.29 is 4.74 Å². The van der Waals surface area contributed by atoms with Gasteiger partial charge in [0.05, 0.1) is 24.2 Å². The zero-order valence-corrected chi connectivity index (χ0v) is 10.3. The topological polar surface area (TPSA) is 48.1 Å². The van der Waals surface area contributed by atoms with Crippen LogP contribution >= 0.6 is 0 Å². The quantitative estimate of drug-likeness (QED) is 0.859. The standard InChI is InChI=1S/C14H16N2O/c1-9-4-7-14(17-3)11(8-9)13-6-5-12(15)10(2)16-13/h4-8H,15H2,1-3H3. The molecule has 0 bridgehead atoms. The number of methoxy groups -OCH3 is 1. The van der Waals surface area contributed by atoms with E-state index in [1.807, 2.05) is 38.1 Å². The zero-order chi connectivity index (χ0) is 12.4. The highest BCUT2D eigenvalue weighted by Crippen LogP contribution is 2.30. The lowest BCUT2D eigenvalue weighted by Crippen LogP contribution is -1.96. The number of ether oxygens (including phenoxy) is 1. The lowest BCUT2D eigenvalue weighted by Gasteiger charge is -2.10. The highest BCUT2D eigenvalue weighted by molar-refractivity contribution is 5.69. The van der Waals surface area contributed by atoms with Gasteiger partial charge in [0, 0.05) is 5.56 Å². The molecule has 1 aromatic heterocycles. The van der Waals surface area contributed by atoms with Gasteiger partial charge in [0.2, 0.25) is 0 Å². The van der Waals surface area contributed by atoms with Gasteiger partial charge in [-0.1, -0.05) is 11.6 Å². The molecule has 0 spiro atoms. The van der Waals surface area contributed by atoms with Gasteiger partial charge in [-0.05, 0) is 38.1 Å². The molecule has 1 heterocycles. The van der Waals surface area contributed by atoms with Crippen molar-refractivity contribution in [3.05, 3.63) is 41.6 Å². The van der Waals surface area contributed by atoms with E-state index in [0.717, 1.165) is 22.7 Å². The Labute approximate surface area is 101 Å². The van der Waals surface area contributed by atoms with E-state index in [0.29, 0.717) is 5.69 Å². The fourth-order valence-electron chi connectivity index (χ4n) is 1.74. The number of anilines is 1. The van der Waals surface area contributed by atoms with Gasteiger partial charge in [0.25, 0.3) is 0 Å². The van der Waals surface area contributed by atoms with Crippen molar-refractivity contribution in [1.29, 1.82) is 0 Å². The Morgan fingerprint density at radius 1 is 1.12 bits per heavy atom. The Morgan fingerprint density at radius 3 is 2.53 bits per heavy atom. The summed E-state index contributed by atoms with van der Waals surface area (Å²) in [5, 5.41) is 0. The minimum Gasteiger partial charge on any atom is -0.496 e. The molecule has 1 aromatic carbocycles. The number of benzene rings is 1. The summed E-state index contributed by atoms with van der Waals surface area (Å²) < 4.78 is 5.35. The fraction of sp³-hybridized carbons (Fsp3) is 0.214. The molecule has 0 unspecified atom stereocenters. The summed E-state index contributed by atoms with van der Waals surface area (Å²) in [7, 11) is 1.67. The minimum absolute atomic E-state index is 0.709.